The molecule has 0 saturated carbocycles. The van der Waals surface area contributed by atoms with Gasteiger partial charge in [0, 0.05) is 18.9 Å². The lowest BCUT2D eigenvalue weighted by Crippen LogP contribution is -2.12. The van der Waals surface area contributed by atoms with Gasteiger partial charge in [-0.1, -0.05) is 53.9 Å². The monoisotopic (exact) mass is 505 g/mol. The highest BCUT2D eigenvalue weighted by molar-refractivity contribution is 6.29. The smallest absolute Gasteiger partial charge is 0.180 e. The zero-order chi connectivity index (χ0) is 24.6. The summed E-state index contributed by atoms with van der Waals surface area (Å²) in [6.07, 6.45) is 13.7. The number of ether oxygens (including phenoxy) is 2. The third-order valence-electron chi connectivity index (χ3n) is 6.71. The number of fused-ring (bicyclic) bond motifs is 1. The first-order valence-corrected chi connectivity index (χ1v) is 13.2. The third-order valence-corrected chi connectivity index (χ3v) is 6.92. The van der Waals surface area contributed by atoms with Crippen LogP contribution < -0.4 is 0 Å². The van der Waals surface area contributed by atoms with Crippen LogP contribution in [-0.4, -0.2) is 45.5 Å². The Hall–Kier alpha value is -3.03. The minimum absolute atomic E-state index is 0.431. The average molecular weight is 506 g/mol. The second kappa shape index (κ2) is 12.3. The van der Waals surface area contributed by atoms with Crippen LogP contribution in [0.4, 0.5) is 0 Å². The van der Waals surface area contributed by atoms with Gasteiger partial charge in [0.05, 0.1) is 19.4 Å². The molecule has 4 heterocycles. The van der Waals surface area contributed by atoms with Gasteiger partial charge in [-0.05, 0) is 73.4 Å². The summed E-state index contributed by atoms with van der Waals surface area (Å²) in [5.74, 6) is 1.50. The second-order valence-corrected chi connectivity index (χ2v) is 9.76. The van der Waals surface area contributed by atoms with E-state index in [4.69, 9.17) is 26.1 Å². The Morgan fingerprint density at radius 3 is 3.06 bits per heavy atom. The van der Waals surface area contributed by atoms with E-state index in [1.165, 1.54) is 19.3 Å². The van der Waals surface area contributed by atoms with Crippen molar-refractivity contribution in [1.82, 2.24) is 20.0 Å². The molecule has 1 aromatic carbocycles. The van der Waals surface area contributed by atoms with E-state index < -0.39 is 0 Å². The molecule has 188 valence electrons. The average Bonchev–Trinajstić information content (AvgIpc) is 3.23. The van der Waals surface area contributed by atoms with E-state index in [-0.39, 0.29) is 0 Å². The molecular weight excluding hydrogens is 474 g/mol. The first-order valence-electron chi connectivity index (χ1n) is 12.8. The van der Waals surface area contributed by atoms with Crippen molar-refractivity contribution in [3.8, 4) is 0 Å². The van der Waals surface area contributed by atoms with Crippen LogP contribution in [0.5, 0.6) is 0 Å². The van der Waals surface area contributed by atoms with Gasteiger partial charge in [-0.3, -0.25) is 4.99 Å². The summed E-state index contributed by atoms with van der Waals surface area (Å²) in [6.45, 7) is 3.05. The van der Waals surface area contributed by atoms with Gasteiger partial charge in [0.25, 0.3) is 0 Å². The van der Waals surface area contributed by atoms with Crippen LogP contribution in [0.3, 0.4) is 0 Å². The summed E-state index contributed by atoms with van der Waals surface area (Å²) in [6, 6.07) is 12.0. The molecule has 0 aliphatic carbocycles. The molecule has 1 unspecified atom stereocenters. The number of allylic oxidation sites excluding steroid dienone is 2. The molecule has 3 aromatic rings. The molecule has 0 N–H and O–H groups in total. The molecule has 0 bridgehead atoms. The van der Waals surface area contributed by atoms with Gasteiger partial charge in [-0.25, -0.2) is 9.67 Å². The number of rotatable bonds is 7. The highest BCUT2D eigenvalue weighted by atomic mass is 35.5. The fourth-order valence-electron chi connectivity index (χ4n) is 4.70. The normalized spacial score (nSPS) is 22.9. The Balaban J connectivity index is 1.24. The van der Waals surface area contributed by atoms with Crippen molar-refractivity contribution in [2.24, 2.45) is 10.9 Å². The van der Waals surface area contributed by atoms with Crippen LogP contribution in [0.15, 0.2) is 65.5 Å². The topological polar surface area (TPSA) is 74.4 Å². The number of pyridine rings is 1. The zero-order valence-electron chi connectivity index (χ0n) is 20.5. The molecule has 0 amide bonds. The van der Waals surface area contributed by atoms with Crippen molar-refractivity contribution in [3.63, 3.8) is 0 Å². The number of nitrogens with zero attached hydrogens (tertiary/aromatic N) is 5. The summed E-state index contributed by atoms with van der Waals surface area (Å²) in [5.41, 5.74) is 4.66. The predicted molar refractivity (Wildman–Crippen MR) is 142 cm³/mol. The second-order valence-electron chi connectivity index (χ2n) is 9.37. The van der Waals surface area contributed by atoms with Crippen molar-refractivity contribution >= 4 is 28.5 Å². The SMILES string of the molecule is Clc1ccc2nnn(Cc3cccc(/C4=N/C=C(OCCC5CCCCOCC5)\C=C/CC4)c3)c2n1. The van der Waals surface area contributed by atoms with Gasteiger partial charge in [0.2, 0.25) is 0 Å². The van der Waals surface area contributed by atoms with Gasteiger partial charge in [-0.15, -0.1) is 5.10 Å². The molecule has 7 nitrogen and oxygen atoms in total. The molecule has 8 heteroatoms. The third kappa shape index (κ3) is 6.59. The molecule has 2 aliphatic heterocycles. The molecule has 36 heavy (non-hydrogen) atoms. The molecule has 0 radical (unpaired) electrons. The fourth-order valence-corrected chi connectivity index (χ4v) is 4.84. The van der Waals surface area contributed by atoms with E-state index in [1.54, 1.807) is 10.7 Å². The lowest BCUT2D eigenvalue weighted by atomic mass is 9.95. The molecule has 0 spiro atoms. The number of aliphatic imine (C=N–C) groups is 1. The Morgan fingerprint density at radius 1 is 1.11 bits per heavy atom. The van der Waals surface area contributed by atoms with Crippen LogP contribution in [0, 0.1) is 5.92 Å². The highest BCUT2D eigenvalue weighted by Gasteiger charge is 2.13. The maximum Gasteiger partial charge on any atom is 0.180 e. The number of benzene rings is 1. The first-order chi connectivity index (χ1) is 17.7. The summed E-state index contributed by atoms with van der Waals surface area (Å²) >= 11 is 6.08. The molecule has 5 rings (SSSR count). The summed E-state index contributed by atoms with van der Waals surface area (Å²) in [5, 5.41) is 8.88. The lowest BCUT2D eigenvalue weighted by molar-refractivity contribution is 0.0913. The molecular formula is C28H32ClN5O2. The summed E-state index contributed by atoms with van der Waals surface area (Å²) in [7, 11) is 0. The van der Waals surface area contributed by atoms with E-state index >= 15 is 0 Å². The number of hydrogen-bond donors (Lipinski definition) is 0. The van der Waals surface area contributed by atoms with Gasteiger partial charge >= 0.3 is 0 Å². The largest absolute Gasteiger partial charge is 0.492 e. The highest BCUT2D eigenvalue weighted by Crippen LogP contribution is 2.21. The molecule has 1 fully saturated rings. The Morgan fingerprint density at radius 2 is 2.08 bits per heavy atom. The maximum absolute atomic E-state index is 6.11. The van der Waals surface area contributed by atoms with E-state index in [9.17, 15) is 0 Å². The first kappa shape index (κ1) is 24.7. The predicted octanol–water partition coefficient (Wildman–Crippen LogP) is 6.12. The van der Waals surface area contributed by atoms with Crippen LogP contribution in [-0.2, 0) is 16.0 Å². The van der Waals surface area contributed by atoms with Crippen LogP contribution in [0.2, 0.25) is 5.15 Å². The Kier molecular flexibility index (Phi) is 8.41. The number of aromatic nitrogens is 4. The molecule has 2 aromatic heterocycles. The van der Waals surface area contributed by atoms with E-state index in [0.29, 0.717) is 29.9 Å². The van der Waals surface area contributed by atoms with Gasteiger partial charge < -0.3 is 9.47 Å². The summed E-state index contributed by atoms with van der Waals surface area (Å²) in [4.78, 5) is 9.20. The Bertz CT molecular complexity index is 1260. The zero-order valence-corrected chi connectivity index (χ0v) is 21.2. The van der Waals surface area contributed by atoms with E-state index in [0.717, 1.165) is 67.0 Å². The molecule has 2 aliphatic rings. The maximum atomic E-state index is 6.11. The van der Waals surface area contributed by atoms with Crippen molar-refractivity contribution in [2.75, 3.05) is 19.8 Å². The minimum atomic E-state index is 0.431. The van der Waals surface area contributed by atoms with Crippen LogP contribution >= 0.6 is 11.6 Å². The van der Waals surface area contributed by atoms with Crippen molar-refractivity contribution in [1.29, 1.82) is 0 Å². The van der Waals surface area contributed by atoms with Crippen LogP contribution in [0.25, 0.3) is 11.2 Å². The quantitative estimate of drug-likeness (QED) is 0.361. The van der Waals surface area contributed by atoms with Gasteiger partial charge in [-0.2, -0.15) is 0 Å². The van der Waals surface area contributed by atoms with Crippen molar-refractivity contribution in [2.45, 2.75) is 51.5 Å². The van der Waals surface area contributed by atoms with Gasteiger partial charge in [0.1, 0.15) is 16.4 Å². The van der Waals surface area contributed by atoms with Crippen LogP contribution in [0.1, 0.15) is 56.1 Å². The molecule has 1 atom stereocenters. The number of halogens is 1. The molecule has 1 saturated heterocycles. The lowest BCUT2D eigenvalue weighted by Gasteiger charge is -2.20. The van der Waals surface area contributed by atoms with Gasteiger partial charge in [0.15, 0.2) is 5.65 Å². The van der Waals surface area contributed by atoms with E-state index in [1.807, 2.05) is 18.3 Å². The van der Waals surface area contributed by atoms with E-state index in [2.05, 4.69) is 45.6 Å². The fraction of sp³-hybridized carbons (Fsp3) is 0.429. The number of hydrogen-bond acceptors (Lipinski definition) is 6. The minimum Gasteiger partial charge on any atom is -0.492 e. The Labute approximate surface area is 216 Å². The summed E-state index contributed by atoms with van der Waals surface area (Å²) < 4.78 is 13.5. The van der Waals surface area contributed by atoms with Crippen molar-refractivity contribution < 1.29 is 9.47 Å². The van der Waals surface area contributed by atoms with Crippen molar-refractivity contribution in [3.05, 3.63) is 76.8 Å². The standard InChI is InChI=1S/C28H32ClN5O2/c29-27-12-11-26-28(31-27)34(33-32-26)20-22-7-5-8-23(18-22)25-10-2-1-9-24(19-30-25)36-17-14-21-6-3-4-15-35-16-13-21/h1,5,7-9,11-12,18-19,21H,2-4,6,10,13-17,20H2/b9-1-,24-19+,30-25+.